The van der Waals surface area contributed by atoms with Crippen LogP contribution in [0.15, 0.2) is 35.5 Å². The molecule has 0 aliphatic heterocycles. The summed E-state index contributed by atoms with van der Waals surface area (Å²) in [5.74, 6) is -0.620. The monoisotopic (exact) mass is 269 g/mol. The Balaban J connectivity index is 2.75. The summed E-state index contributed by atoms with van der Waals surface area (Å²) in [6, 6.07) is 5.17. The third kappa shape index (κ3) is 2.01. The summed E-state index contributed by atoms with van der Waals surface area (Å²) in [5, 5.41) is 2.95. The maximum Gasteiger partial charge on any atom is 0.262 e. The lowest BCUT2D eigenvalue weighted by molar-refractivity contribution is -0.115. The summed E-state index contributed by atoms with van der Waals surface area (Å²) in [5.41, 5.74) is 9.39. The van der Waals surface area contributed by atoms with Crippen LogP contribution in [-0.4, -0.2) is 14.2 Å². The molecule has 7 heteroatoms. The van der Waals surface area contributed by atoms with Crippen molar-refractivity contribution in [2.24, 2.45) is 5.11 Å². The van der Waals surface area contributed by atoms with E-state index in [1.165, 1.54) is 12.1 Å². The van der Waals surface area contributed by atoms with Gasteiger partial charge in [-0.05, 0) is 5.56 Å². The first-order valence-corrected chi connectivity index (χ1v) is 6.90. The maximum atomic E-state index is 11.6. The van der Waals surface area contributed by atoms with Gasteiger partial charge in [-0.3, -0.25) is 4.79 Å². The number of rotatable bonds is 2. The Labute approximate surface area is 102 Å². The number of hydrogen-bond acceptors (Lipinski definition) is 4. The molecule has 0 saturated carbocycles. The minimum absolute atomic E-state index is 0.264. The Kier molecular flexibility index (Phi) is 2.84. The second-order valence-electron chi connectivity index (χ2n) is 3.45. The molecule has 1 aromatic carbocycles. The Morgan fingerprint density at radius 1 is 1.29 bits per heavy atom. The molecule has 0 N–H and O–H groups in total. The van der Waals surface area contributed by atoms with Crippen LogP contribution in [0.3, 0.4) is 0 Å². The first-order valence-electron chi connectivity index (χ1n) is 4.59. The van der Waals surface area contributed by atoms with Crippen molar-refractivity contribution in [3.63, 3.8) is 0 Å². The number of fused-ring (bicyclic) bond motifs is 1. The van der Waals surface area contributed by atoms with Crippen LogP contribution in [-0.2, 0) is 13.8 Å². The Hall–Kier alpha value is -1.53. The van der Waals surface area contributed by atoms with Gasteiger partial charge in [-0.2, -0.15) is 0 Å². The van der Waals surface area contributed by atoms with Gasteiger partial charge in [0.25, 0.3) is 9.05 Å². The molecule has 1 aliphatic rings. The molecular weight excluding hydrogens is 264 g/mol. The Bertz CT molecular complexity index is 637. The van der Waals surface area contributed by atoms with Crippen LogP contribution in [0.25, 0.3) is 10.4 Å². The van der Waals surface area contributed by atoms with Gasteiger partial charge >= 0.3 is 0 Å². The van der Waals surface area contributed by atoms with E-state index in [2.05, 4.69) is 5.11 Å². The van der Waals surface area contributed by atoms with E-state index in [-0.39, 0.29) is 10.5 Å². The SMILES string of the molecule is [N-]=NC1C(=O)C=C(S(=O)(=O)Cl)c2ccccc21. The number of hydrogen-bond donors (Lipinski definition) is 0. The summed E-state index contributed by atoms with van der Waals surface area (Å²) < 4.78 is 22.7. The fraction of sp³-hybridized carbons (Fsp3) is 0.100. The number of benzene rings is 1. The van der Waals surface area contributed by atoms with Gasteiger partial charge in [0.1, 0.15) is 6.04 Å². The van der Waals surface area contributed by atoms with Gasteiger partial charge in [-0.1, -0.05) is 24.3 Å². The molecule has 1 aromatic rings. The lowest BCUT2D eigenvalue weighted by atomic mass is 9.92. The number of ketones is 1. The molecule has 0 amide bonds. The quantitative estimate of drug-likeness (QED) is 0.609. The number of halogens is 1. The number of carbonyl (C=O) groups excluding carboxylic acids is 1. The van der Waals surface area contributed by atoms with Crippen LogP contribution in [0.4, 0.5) is 0 Å². The standard InChI is InChI=1S/C10H6ClN2O3S/c11-17(15,16)9-5-8(14)10(13-12)7-4-2-1-3-6(7)9/h1-5,10H/q-1. The fourth-order valence-corrected chi connectivity index (χ4v) is 2.81. The molecule has 0 spiro atoms. The number of nitrogens with zero attached hydrogens (tertiary/aromatic N) is 2. The molecule has 1 unspecified atom stereocenters. The summed E-state index contributed by atoms with van der Waals surface area (Å²) in [6.45, 7) is 0. The molecule has 0 saturated heterocycles. The predicted octanol–water partition coefficient (Wildman–Crippen LogP) is 2.24. The summed E-state index contributed by atoms with van der Waals surface area (Å²) >= 11 is 0. The highest BCUT2D eigenvalue weighted by molar-refractivity contribution is 8.21. The molecule has 17 heavy (non-hydrogen) atoms. The smallest absolute Gasteiger partial charge is 0.262 e. The minimum atomic E-state index is -4.01. The summed E-state index contributed by atoms with van der Waals surface area (Å²) in [4.78, 5) is 11.3. The van der Waals surface area contributed by atoms with Crippen molar-refractivity contribution < 1.29 is 13.2 Å². The topological polar surface area (TPSA) is 85.9 Å². The van der Waals surface area contributed by atoms with Gasteiger partial charge in [-0.25, -0.2) is 8.42 Å². The molecule has 0 radical (unpaired) electrons. The van der Waals surface area contributed by atoms with E-state index in [4.69, 9.17) is 16.2 Å². The highest BCUT2D eigenvalue weighted by Crippen LogP contribution is 2.37. The lowest BCUT2D eigenvalue weighted by Crippen LogP contribution is -2.16. The average Bonchev–Trinajstić information content (AvgIpc) is 2.27. The normalized spacial score (nSPS) is 19.5. The molecule has 1 aliphatic carbocycles. The molecule has 88 valence electrons. The fourth-order valence-electron chi connectivity index (χ4n) is 1.72. The molecule has 1 atom stereocenters. The maximum absolute atomic E-state index is 11.6. The van der Waals surface area contributed by atoms with E-state index in [0.717, 1.165) is 6.08 Å². The van der Waals surface area contributed by atoms with Crippen LogP contribution in [0.5, 0.6) is 0 Å². The zero-order chi connectivity index (χ0) is 12.6. The van der Waals surface area contributed by atoms with Gasteiger partial charge in [0, 0.05) is 22.3 Å². The minimum Gasteiger partial charge on any atom is -0.711 e. The van der Waals surface area contributed by atoms with Crippen molar-refractivity contribution in [3.8, 4) is 0 Å². The van der Waals surface area contributed by atoms with Gasteiger partial charge in [-0.15, -0.1) is 0 Å². The van der Waals surface area contributed by atoms with Crippen LogP contribution >= 0.6 is 10.7 Å². The molecule has 5 nitrogen and oxygen atoms in total. The van der Waals surface area contributed by atoms with Crippen molar-refractivity contribution in [3.05, 3.63) is 47.0 Å². The Morgan fingerprint density at radius 2 is 1.94 bits per heavy atom. The molecule has 0 heterocycles. The van der Waals surface area contributed by atoms with Gasteiger partial charge < -0.3 is 10.6 Å². The molecule has 0 aromatic heterocycles. The second kappa shape index (κ2) is 4.05. The van der Waals surface area contributed by atoms with E-state index < -0.39 is 20.9 Å². The second-order valence-corrected chi connectivity index (χ2v) is 5.99. The van der Waals surface area contributed by atoms with Gasteiger partial charge in [0.2, 0.25) is 0 Å². The first kappa shape index (κ1) is 11.9. The van der Waals surface area contributed by atoms with E-state index >= 15 is 0 Å². The lowest BCUT2D eigenvalue weighted by Gasteiger charge is -2.21. The highest BCUT2D eigenvalue weighted by Gasteiger charge is 2.30. The summed E-state index contributed by atoms with van der Waals surface area (Å²) in [6.07, 6.45) is 0.884. The van der Waals surface area contributed by atoms with E-state index in [1.807, 2.05) is 0 Å². The van der Waals surface area contributed by atoms with Crippen molar-refractivity contribution in [1.82, 2.24) is 0 Å². The van der Waals surface area contributed by atoms with E-state index in [0.29, 0.717) is 5.56 Å². The molecule has 0 bridgehead atoms. The summed E-state index contributed by atoms with van der Waals surface area (Å²) in [7, 11) is 1.24. The number of carbonyl (C=O) groups is 1. The van der Waals surface area contributed by atoms with E-state index in [1.54, 1.807) is 12.1 Å². The average molecular weight is 270 g/mol. The third-order valence-electron chi connectivity index (χ3n) is 2.44. The van der Waals surface area contributed by atoms with Crippen molar-refractivity contribution in [2.75, 3.05) is 0 Å². The third-order valence-corrected chi connectivity index (χ3v) is 3.80. The van der Waals surface area contributed by atoms with Gasteiger partial charge in [0.05, 0.1) is 4.91 Å². The largest absolute Gasteiger partial charge is 0.711 e. The van der Waals surface area contributed by atoms with Crippen LogP contribution in [0.2, 0.25) is 0 Å². The zero-order valence-electron chi connectivity index (χ0n) is 8.37. The molecular formula is C10H6ClN2O3S-. The van der Waals surface area contributed by atoms with Crippen LogP contribution in [0.1, 0.15) is 17.2 Å². The highest BCUT2D eigenvalue weighted by atomic mass is 35.7. The van der Waals surface area contributed by atoms with Crippen LogP contribution in [0, 0.1) is 0 Å². The van der Waals surface area contributed by atoms with Gasteiger partial charge in [0.15, 0.2) is 5.78 Å². The molecule has 2 rings (SSSR count). The molecule has 0 fully saturated rings. The van der Waals surface area contributed by atoms with Crippen molar-refractivity contribution >= 4 is 30.4 Å². The zero-order valence-corrected chi connectivity index (χ0v) is 9.94. The predicted molar refractivity (Wildman–Crippen MR) is 62.7 cm³/mol. The van der Waals surface area contributed by atoms with Crippen LogP contribution < -0.4 is 0 Å². The van der Waals surface area contributed by atoms with Crippen molar-refractivity contribution in [1.29, 1.82) is 0 Å². The first-order chi connectivity index (χ1) is 7.95. The Morgan fingerprint density at radius 3 is 2.53 bits per heavy atom. The van der Waals surface area contributed by atoms with E-state index in [9.17, 15) is 13.2 Å². The van der Waals surface area contributed by atoms with Crippen molar-refractivity contribution in [2.45, 2.75) is 6.04 Å².